The van der Waals surface area contributed by atoms with Crippen molar-refractivity contribution in [1.29, 1.82) is 0 Å². The molecule has 8 nitrogen and oxygen atoms in total. The molecule has 0 aliphatic carbocycles. The number of nitro groups is 1. The molecule has 9 heteroatoms. The van der Waals surface area contributed by atoms with Crippen LogP contribution in [-0.4, -0.2) is 15.1 Å². The molecule has 2 heterocycles. The highest BCUT2D eigenvalue weighted by atomic mass is 35.5. The summed E-state index contributed by atoms with van der Waals surface area (Å²) < 4.78 is 6.15. The second kappa shape index (κ2) is 6.48. The molecule has 0 saturated carbocycles. The van der Waals surface area contributed by atoms with Crippen molar-refractivity contribution in [3.05, 3.63) is 61.8 Å². The summed E-state index contributed by atoms with van der Waals surface area (Å²) in [4.78, 5) is 10.2. The zero-order chi connectivity index (χ0) is 20.0. The third-order valence-corrected chi connectivity index (χ3v) is 4.96. The van der Waals surface area contributed by atoms with Gasteiger partial charge in [-0.1, -0.05) is 0 Å². The van der Waals surface area contributed by atoms with Gasteiger partial charge in [-0.15, -0.1) is 0 Å². The first-order valence-corrected chi connectivity index (χ1v) is 8.19. The van der Waals surface area contributed by atoms with Gasteiger partial charge in [0, 0.05) is 24.1 Å². The van der Waals surface area contributed by atoms with Crippen LogP contribution in [0.3, 0.4) is 0 Å². The lowest BCUT2D eigenvalue weighted by atomic mass is 10.0. The quantitative estimate of drug-likeness (QED) is 0.173. The van der Waals surface area contributed by atoms with E-state index >= 15 is 0 Å². The summed E-state index contributed by atoms with van der Waals surface area (Å²) in [7, 11) is 0. The topological polar surface area (TPSA) is 124 Å². The number of rotatable bonds is 3. The highest BCUT2D eigenvalue weighted by Gasteiger charge is 2.25. The Morgan fingerprint density at radius 3 is 2.41 bits per heavy atom. The Bertz CT molecular complexity index is 1060. The van der Waals surface area contributed by atoms with Crippen molar-refractivity contribution in [2.45, 2.75) is 20.8 Å². The predicted octanol–water partition coefficient (Wildman–Crippen LogP) is 4.15. The Balaban J connectivity index is 2.17. The molecule has 0 saturated heterocycles. The molecule has 0 atom stereocenters. The lowest BCUT2D eigenvalue weighted by molar-refractivity contribution is -0.609. The van der Waals surface area contributed by atoms with E-state index < -0.39 is 22.1 Å². The van der Waals surface area contributed by atoms with Crippen LogP contribution in [0, 0.1) is 36.1 Å². The fraction of sp³-hybridized carbons (Fsp3) is 0.167. The largest absolute Gasteiger partial charge is 0.617 e. The monoisotopic (exact) mass is 390 g/mol. The van der Waals surface area contributed by atoms with Gasteiger partial charge < -0.3 is 19.8 Å². The average molecular weight is 391 g/mol. The standard InChI is InChI=1S/C18H15ClN2O6/c1-8-9(2)16(18(19)20(24)10(8)3)15-6-12(7-27-15)11-4-13(21(25)26)17(23)14(22)5-11/h4-7,22-23H,1-3H3. The van der Waals surface area contributed by atoms with E-state index in [4.69, 9.17) is 16.0 Å². The van der Waals surface area contributed by atoms with Crippen molar-refractivity contribution in [3.63, 3.8) is 0 Å². The minimum absolute atomic E-state index is 0.0453. The third kappa shape index (κ3) is 2.93. The second-order valence-electron chi connectivity index (χ2n) is 6.12. The van der Waals surface area contributed by atoms with Gasteiger partial charge in [-0.2, -0.15) is 4.73 Å². The second-order valence-corrected chi connectivity index (χ2v) is 6.47. The van der Waals surface area contributed by atoms with E-state index in [0.29, 0.717) is 27.3 Å². The Labute approximate surface area is 158 Å². The molecular formula is C18H15ClN2O6. The number of aromatic hydroxyl groups is 2. The molecule has 1 aromatic carbocycles. The van der Waals surface area contributed by atoms with Gasteiger partial charge in [0.15, 0.2) is 11.4 Å². The maximum absolute atomic E-state index is 12.2. The lowest BCUT2D eigenvalue weighted by Gasteiger charge is -2.12. The number of benzene rings is 1. The van der Waals surface area contributed by atoms with Crippen LogP contribution in [0.1, 0.15) is 16.8 Å². The summed E-state index contributed by atoms with van der Waals surface area (Å²) in [5, 5.41) is 42.6. The maximum Gasteiger partial charge on any atom is 0.315 e. The average Bonchev–Trinajstić information content (AvgIpc) is 3.10. The minimum atomic E-state index is -0.812. The number of hydrogen-bond acceptors (Lipinski definition) is 6. The van der Waals surface area contributed by atoms with E-state index in [1.807, 2.05) is 6.92 Å². The highest BCUT2D eigenvalue weighted by molar-refractivity contribution is 6.31. The number of nitrogens with zero attached hydrogens (tertiary/aromatic N) is 2. The summed E-state index contributed by atoms with van der Waals surface area (Å²) in [5.74, 6) is -1.14. The van der Waals surface area contributed by atoms with Crippen LogP contribution >= 0.6 is 11.6 Å². The van der Waals surface area contributed by atoms with Crippen molar-refractivity contribution in [2.75, 3.05) is 0 Å². The van der Waals surface area contributed by atoms with Crippen molar-refractivity contribution < 1.29 is 24.3 Å². The molecule has 0 unspecified atom stereocenters. The normalized spacial score (nSPS) is 11.0. The van der Waals surface area contributed by atoms with Gasteiger partial charge in [-0.05, 0) is 48.7 Å². The first-order valence-electron chi connectivity index (χ1n) is 7.82. The molecular weight excluding hydrogens is 376 g/mol. The van der Waals surface area contributed by atoms with Crippen molar-refractivity contribution in [2.24, 2.45) is 0 Å². The van der Waals surface area contributed by atoms with E-state index in [1.165, 1.54) is 12.3 Å². The first kappa shape index (κ1) is 18.5. The summed E-state index contributed by atoms with van der Waals surface area (Å²) in [6.45, 7) is 5.27. The molecule has 3 rings (SSSR count). The van der Waals surface area contributed by atoms with Crippen LogP contribution in [0.4, 0.5) is 5.69 Å². The molecule has 0 amide bonds. The Hall–Kier alpha value is -3.26. The number of aromatic nitrogens is 1. The molecule has 0 spiro atoms. The van der Waals surface area contributed by atoms with Crippen LogP contribution in [0.2, 0.25) is 5.15 Å². The van der Waals surface area contributed by atoms with Crippen LogP contribution in [-0.2, 0) is 0 Å². The fourth-order valence-corrected chi connectivity index (χ4v) is 3.19. The molecule has 0 aliphatic rings. The SMILES string of the molecule is Cc1c(C)c(C)[n+]([O-])c(Cl)c1-c1cc(-c2cc(O)c(O)c([N+](=O)[O-])c2)co1. The molecule has 27 heavy (non-hydrogen) atoms. The zero-order valence-corrected chi connectivity index (χ0v) is 15.4. The summed E-state index contributed by atoms with van der Waals surface area (Å²) in [6.07, 6.45) is 1.32. The summed E-state index contributed by atoms with van der Waals surface area (Å²) >= 11 is 6.21. The van der Waals surface area contributed by atoms with Gasteiger partial charge in [0.05, 0.1) is 11.2 Å². The fourth-order valence-electron chi connectivity index (χ4n) is 2.83. The molecule has 0 fully saturated rings. The van der Waals surface area contributed by atoms with Gasteiger partial charge in [0.1, 0.15) is 11.3 Å². The van der Waals surface area contributed by atoms with Crippen LogP contribution in [0.15, 0.2) is 28.9 Å². The molecule has 140 valence electrons. The van der Waals surface area contributed by atoms with E-state index in [9.17, 15) is 25.5 Å². The van der Waals surface area contributed by atoms with Crippen molar-refractivity contribution in [3.8, 4) is 33.9 Å². The minimum Gasteiger partial charge on any atom is -0.617 e. The zero-order valence-electron chi connectivity index (χ0n) is 14.6. The van der Waals surface area contributed by atoms with Crippen LogP contribution in [0.25, 0.3) is 22.5 Å². The number of phenols is 2. The van der Waals surface area contributed by atoms with E-state index in [1.54, 1.807) is 19.9 Å². The summed E-state index contributed by atoms with van der Waals surface area (Å²) in [5.41, 5.74) is 2.47. The Morgan fingerprint density at radius 2 is 1.78 bits per heavy atom. The number of pyridine rings is 1. The molecule has 2 N–H and O–H groups in total. The van der Waals surface area contributed by atoms with Gasteiger partial charge in [0.25, 0.3) is 5.15 Å². The molecule has 0 bridgehead atoms. The van der Waals surface area contributed by atoms with Gasteiger partial charge in [-0.3, -0.25) is 10.1 Å². The number of nitro benzene ring substituents is 1. The molecule has 2 aromatic heterocycles. The summed E-state index contributed by atoms with van der Waals surface area (Å²) in [6, 6.07) is 3.85. The van der Waals surface area contributed by atoms with Crippen molar-refractivity contribution >= 4 is 17.3 Å². The first-order chi connectivity index (χ1) is 12.6. The Kier molecular flexibility index (Phi) is 4.44. The van der Waals surface area contributed by atoms with Crippen LogP contribution in [0.5, 0.6) is 11.5 Å². The number of hydrogen-bond donors (Lipinski definition) is 2. The molecule has 3 aromatic rings. The lowest BCUT2D eigenvalue weighted by Crippen LogP contribution is -2.33. The van der Waals surface area contributed by atoms with Crippen LogP contribution < -0.4 is 4.73 Å². The van der Waals surface area contributed by atoms with Gasteiger partial charge in [-0.25, -0.2) is 0 Å². The molecule has 0 aliphatic heterocycles. The predicted molar refractivity (Wildman–Crippen MR) is 97.7 cm³/mol. The van der Waals surface area contributed by atoms with E-state index in [2.05, 4.69) is 0 Å². The molecule has 0 radical (unpaired) electrons. The number of furan rings is 1. The Morgan fingerprint density at radius 1 is 1.11 bits per heavy atom. The number of halogens is 1. The maximum atomic E-state index is 12.2. The third-order valence-electron chi connectivity index (χ3n) is 4.62. The van der Waals surface area contributed by atoms with Gasteiger partial charge in [0.2, 0.25) is 5.75 Å². The van der Waals surface area contributed by atoms with Crippen molar-refractivity contribution in [1.82, 2.24) is 0 Å². The van der Waals surface area contributed by atoms with E-state index in [0.717, 1.165) is 17.2 Å². The van der Waals surface area contributed by atoms with Gasteiger partial charge >= 0.3 is 5.69 Å². The smallest absolute Gasteiger partial charge is 0.315 e. The highest BCUT2D eigenvalue weighted by Crippen LogP contribution is 2.41. The number of phenolic OH excluding ortho intramolecular Hbond substituents is 2. The van der Waals surface area contributed by atoms with E-state index in [-0.39, 0.29) is 10.7 Å².